The first kappa shape index (κ1) is 13.0. The van der Waals surface area contributed by atoms with E-state index in [1.165, 1.54) is 7.11 Å². The first-order valence-electron chi connectivity index (χ1n) is 5.67. The fourth-order valence-corrected chi connectivity index (χ4v) is 1.77. The van der Waals surface area contributed by atoms with Crippen LogP contribution in [0.25, 0.3) is 0 Å². The molecule has 0 saturated heterocycles. The number of halogens is 1. The molecule has 0 aliphatic carbocycles. The largest absolute Gasteiger partial charge is 0.494 e. The molecule has 1 aromatic rings. The average Bonchev–Trinajstić information content (AvgIpc) is 2.30. The van der Waals surface area contributed by atoms with Crippen molar-refractivity contribution in [1.82, 2.24) is 0 Å². The zero-order chi connectivity index (χ0) is 12.1. The Morgan fingerprint density at radius 3 is 2.69 bits per heavy atom. The lowest BCUT2D eigenvalue weighted by Gasteiger charge is -2.18. The van der Waals surface area contributed by atoms with Crippen LogP contribution in [0.1, 0.15) is 25.8 Å². The average molecular weight is 225 g/mol. The Labute approximate surface area is 96.6 Å². The van der Waals surface area contributed by atoms with Gasteiger partial charge in [0.05, 0.1) is 7.11 Å². The minimum absolute atomic E-state index is 0.116. The molecule has 0 spiro atoms. The predicted octanol–water partition coefficient (Wildman–Crippen LogP) is 2.75. The minimum atomic E-state index is -0.264. The van der Waals surface area contributed by atoms with Gasteiger partial charge in [-0.2, -0.15) is 0 Å². The van der Waals surface area contributed by atoms with E-state index in [2.05, 4.69) is 0 Å². The van der Waals surface area contributed by atoms with Crippen LogP contribution in [0, 0.1) is 11.7 Å². The number of nitrogens with two attached hydrogens (primary N) is 1. The molecule has 0 saturated carbocycles. The van der Waals surface area contributed by atoms with Crippen LogP contribution in [0.2, 0.25) is 0 Å². The summed E-state index contributed by atoms with van der Waals surface area (Å²) < 4.78 is 18.8. The predicted molar refractivity (Wildman–Crippen MR) is 64.1 cm³/mol. The molecule has 2 unspecified atom stereocenters. The van der Waals surface area contributed by atoms with Crippen LogP contribution in [0.3, 0.4) is 0 Å². The Hall–Kier alpha value is -1.09. The molecule has 0 aliphatic rings. The zero-order valence-electron chi connectivity index (χ0n) is 10.2. The van der Waals surface area contributed by atoms with E-state index >= 15 is 0 Å². The number of ether oxygens (including phenoxy) is 1. The van der Waals surface area contributed by atoms with Crippen LogP contribution in [0.5, 0.6) is 5.75 Å². The van der Waals surface area contributed by atoms with Gasteiger partial charge in [-0.05, 0) is 30.4 Å². The van der Waals surface area contributed by atoms with Crippen LogP contribution in [0.4, 0.5) is 4.39 Å². The van der Waals surface area contributed by atoms with Gasteiger partial charge in [-0.3, -0.25) is 0 Å². The van der Waals surface area contributed by atoms with E-state index in [-0.39, 0.29) is 17.8 Å². The summed E-state index contributed by atoms with van der Waals surface area (Å²) in [4.78, 5) is 0. The van der Waals surface area contributed by atoms with Crippen molar-refractivity contribution in [3.05, 3.63) is 29.6 Å². The van der Waals surface area contributed by atoms with Crippen molar-refractivity contribution in [3.8, 4) is 5.75 Å². The molecule has 90 valence electrons. The number of rotatable bonds is 5. The molecule has 0 aromatic heterocycles. The molecule has 16 heavy (non-hydrogen) atoms. The first-order valence-corrected chi connectivity index (χ1v) is 5.67. The highest BCUT2D eigenvalue weighted by molar-refractivity contribution is 5.31. The van der Waals surface area contributed by atoms with E-state index < -0.39 is 0 Å². The molecule has 0 fully saturated rings. The van der Waals surface area contributed by atoms with Crippen LogP contribution in [-0.4, -0.2) is 13.2 Å². The fourth-order valence-electron chi connectivity index (χ4n) is 1.77. The maximum atomic E-state index is 13.8. The van der Waals surface area contributed by atoms with Crippen molar-refractivity contribution in [2.75, 3.05) is 7.11 Å². The smallest absolute Gasteiger partial charge is 0.168 e. The summed E-state index contributed by atoms with van der Waals surface area (Å²) in [6.07, 6.45) is 1.56. The van der Waals surface area contributed by atoms with E-state index in [9.17, 15) is 4.39 Å². The third kappa shape index (κ3) is 2.95. The van der Waals surface area contributed by atoms with E-state index in [0.29, 0.717) is 17.7 Å². The summed E-state index contributed by atoms with van der Waals surface area (Å²) in [7, 11) is 1.48. The molecule has 3 heteroatoms. The van der Waals surface area contributed by atoms with Crippen molar-refractivity contribution < 1.29 is 9.13 Å². The molecule has 0 aliphatic heterocycles. The van der Waals surface area contributed by atoms with Gasteiger partial charge in [-0.1, -0.05) is 26.0 Å². The molecular weight excluding hydrogens is 205 g/mol. The van der Waals surface area contributed by atoms with Gasteiger partial charge in [-0.15, -0.1) is 0 Å². The summed E-state index contributed by atoms with van der Waals surface area (Å²) in [5, 5.41) is 0. The summed E-state index contributed by atoms with van der Waals surface area (Å²) in [6.45, 7) is 4.09. The van der Waals surface area contributed by atoms with Gasteiger partial charge in [0.15, 0.2) is 11.6 Å². The second kappa shape index (κ2) is 5.85. The Morgan fingerprint density at radius 2 is 2.12 bits per heavy atom. The topological polar surface area (TPSA) is 35.2 Å². The Bertz CT molecular complexity index is 341. The SMILES string of the molecule is CCC(N)C(C)Cc1cccc(OC)c1F. The summed E-state index contributed by atoms with van der Waals surface area (Å²) in [5.41, 5.74) is 6.61. The molecule has 0 amide bonds. The molecular formula is C13H20FNO. The molecule has 1 aromatic carbocycles. The van der Waals surface area contributed by atoms with Gasteiger partial charge in [0.25, 0.3) is 0 Å². The number of benzene rings is 1. The minimum Gasteiger partial charge on any atom is -0.494 e. The monoisotopic (exact) mass is 225 g/mol. The standard InChI is InChI=1S/C13H20FNO/c1-4-11(15)9(2)8-10-6-5-7-12(16-3)13(10)14/h5-7,9,11H,4,8,15H2,1-3H3. The van der Waals surface area contributed by atoms with E-state index in [4.69, 9.17) is 10.5 Å². The number of hydrogen-bond donors (Lipinski definition) is 1. The van der Waals surface area contributed by atoms with Gasteiger partial charge in [-0.25, -0.2) is 4.39 Å². The Kier molecular flexibility index (Phi) is 4.74. The Morgan fingerprint density at radius 1 is 1.44 bits per heavy atom. The van der Waals surface area contributed by atoms with E-state index in [0.717, 1.165) is 6.42 Å². The number of methoxy groups -OCH3 is 1. The third-order valence-corrected chi connectivity index (χ3v) is 3.01. The highest BCUT2D eigenvalue weighted by Crippen LogP contribution is 2.23. The highest BCUT2D eigenvalue weighted by Gasteiger charge is 2.15. The molecule has 0 heterocycles. The maximum Gasteiger partial charge on any atom is 0.168 e. The summed E-state index contributed by atoms with van der Waals surface area (Å²) >= 11 is 0. The summed E-state index contributed by atoms with van der Waals surface area (Å²) in [5.74, 6) is 0.307. The van der Waals surface area contributed by atoms with Gasteiger partial charge in [0.2, 0.25) is 0 Å². The van der Waals surface area contributed by atoms with Crippen molar-refractivity contribution in [2.24, 2.45) is 11.7 Å². The third-order valence-electron chi connectivity index (χ3n) is 3.01. The zero-order valence-corrected chi connectivity index (χ0v) is 10.2. The van der Waals surface area contributed by atoms with Crippen LogP contribution in [-0.2, 0) is 6.42 Å². The molecule has 2 nitrogen and oxygen atoms in total. The first-order chi connectivity index (χ1) is 7.60. The van der Waals surface area contributed by atoms with Crippen LogP contribution in [0.15, 0.2) is 18.2 Å². The van der Waals surface area contributed by atoms with Gasteiger partial charge < -0.3 is 10.5 Å². The van der Waals surface area contributed by atoms with Crippen LogP contribution < -0.4 is 10.5 Å². The molecule has 2 N–H and O–H groups in total. The number of hydrogen-bond acceptors (Lipinski definition) is 2. The molecule has 1 rings (SSSR count). The molecule has 2 atom stereocenters. The van der Waals surface area contributed by atoms with E-state index in [1.807, 2.05) is 13.8 Å². The van der Waals surface area contributed by atoms with Gasteiger partial charge in [0.1, 0.15) is 0 Å². The van der Waals surface area contributed by atoms with Crippen LogP contribution >= 0.6 is 0 Å². The summed E-state index contributed by atoms with van der Waals surface area (Å²) in [6, 6.07) is 5.34. The maximum absolute atomic E-state index is 13.8. The second-order valence-corrected chi connectivity index (χ2v) is 4.19. The van der Waals surface area contributed by atoms with Crippen molar-refractivity contribution in [2.45, 2.75) is 32.7 Å². The van der Waals surface area contributed by atoms with Crippen molar-refractivity contribution in [1.29, 1.82) is 0 Å². The lowest BCUT2D eigenvalue weighted by Crippen LogP contribution is -2.28. The lowest BCUT2D eigenvalue weighted by atomic mass is 9.92. The second-order valence-electron chi connectivity index (χ2n) is 4.19. The lowest BCUT2D eigenvalue weighted by molar-refractivity contribution is 0.378. The molecule has 0 bridgehead atoms. The Balaban J connectivity index is 2.81. The fraction of sp³-hybridized carbons (Fsp3) is 0.538. The van der Waals surface area contributed by atoms with Crippen molar-refractivity contribution in [3.63, 3.8) is 0 Å². The van der Waals surface area contributed by atoms with Gasteiger partial charge in [0, 0.05) is 6.04 Å². The highest BCUT2D eigenvalue weighted by atomic mass is 19.1. The normalized spacial score (nSPS) is 14.6. The van der Waals surface area contributed by atoms with Crippen molar-refractivity contribution >= 4 is 0 Å². The quantitative estimate of drug-likeness (QED) is 0.836. The van der Waals surface area contributed by atoms with E-state index in [1.54, 1.807) is 18.2 Å². The molecule has 0 radical (unpaired) electrons. The van der Waals surface area contributed by atoms with Gasteiger partial charge >= 0.3 is 0 Å².